The number of ether oxygens (including phenoxy) is 2. The van der Waals surface area contributed by atoms with Gasteiger partial charge in [-0.05, 0) is 38.0 Å². The Morgan fingerprint density at radius 2 is 2.05 bits per heavy atom. The zero-order valence-electron chi connectivity index (χ0n) is 14.3. The lowest BCUT2D eigenvalue weighted by Gasteiger charge is -2.14. The molecule has 0 aliphatic carbocycles. The Morgan fingerprint density at radius 3 is 2.68 bits per heavy atom. The van der Waals surface area contributed by atoms with Gasteiger partial charge in [-0.1, -0.05) is 26.7 Å². The van der Waals surface area contributed by atoms with E-state index in [2.05, 4.69) is 19.2 Å². The molecule has 0 spiro atoms. The molecule has 1 N–H and O–H groups in total. The number of carbonyl (C=O) groups excluding carboxylic acids is 1. The molecule has 1 aromatic carbocycles. The van der Waals surface area contributed by atoms with E-state index >= 15 is 0 Å². The van der Waals surface area contributed by atoms with Crippen molar-refractivity contribution >= 4 is 5.91 Å². The van der Waals surface area contributed by atoms with Crippen LogP contribution in [0.2, 0.25) is 0 Å². The largest absolute Gasteiger partial charge is 0.496 e. The summed E-state index contributed by atoms with van der Waals surface area (Å²) >= 11 is 0. The van der Waals surface area contributed by atoms with Crippen molar-refractivity contribution in [1.82, 2.24) is 5.32 Å². The maximum absolute atomic E-state index is 12.3. The summed E-state index contributed by atoms with van der Waals surface area (Å²) in [5, 5.41) is 3.02. The number of rotatable bonds is 10. The Bertz CT molecular complexity index is 460. The predicted molar refractivity (Wildman–Crippen MR) is 89.4 cm³/mol. The predicted octanol–water partition coefficient (Wildman–Crippen LogP) is 3.93. The lowest BCUT2D eigenvalue weighted by atomic mass is 10.1. The summed E-state index contributed by atoms with van der Waals surface area (Å²) < 4.78 is 11.0. The third-order valence-electron chi connectivity index (χ3n) is 3.54. The third kappa shape index (κ3) is 6.06. The summed E-state index contributed by atoms with van der Waals surface area (Å²) in [4.78, 5) is 12.3. The molecule has 0 radical (unpaired) electrons. The number of amides is 1. The molecule has 0 aliphatic heterocycles. The van der Waals surface area contributed by atoms with Crippen LogP contribution >= 0.6 is 0 Å². The van der Waals surface area contributed by atoms with Gasteiger partial charge in [0.2, 0.25) is 0 Å². The minimum absolute atomic E-state index is 0.0431. The van der Waals surface area contributed by atoms with Gasteiger partial charge in [0.25, 0.3) is 5.91 Å². The van der Waals surface area contributed by atoms with E-state index in [0.717, 1.165) is 43.6 Å². The van der Waals surface area contributed by atoms with E-state index in [1.807, 2.05) is 19.1 Å². The van der Waals surface area contributed by atoms with Crippen molar-refractivity contribution in [3.63, 3.8) is 0 Å². The highest BCUT2D eigenvalue weighted by Gasteiger charge is 2.12. The highest BCUT2D eigenvalue weighted by Crippen LogP contribution is 2.21. The Hall–Kier alpha value is -1.55. The van der Waals surface area contributed by atoms with Gasteiger partial charge in [-0.2, -0.15) is 0 Å². The molecule has 1 aromatic rings. The van der Waals surface area contributed by atoms with Crippen LogP contribution in [0.1, 0.15) is 62.4 Å². The monoisotopic (exact) mass is 307 g/mol. The Morgan fingerprint density at radius 1 is 1.27 bits per heavy atom. The van der Waals surface area contributed by atoms with E-state index < -0.39 is 0 Å². The molecule has 0 aromatic heterocycles. The first kappa shape index (κ1) is 18.5. The van der Waals surface area contributed by atoms with Crippen molar-refractivity contribution in [1.29, 1.82) is 0 Å². The second kappa shape index (κ2) is 10.2. The number of methoxy groups -OCH3 is 1. The fraction of sp³-hybridized carbons (Fsp3) is 0.611. The molecule has 1 atom stereocenters. The van der Waals surface area contributed by atoms with E-state index in [1.165, 1.54) is 0 Å². The summed E-state index contributed by atoms with van der Waals surface area (Å²) in [7, 11) is 1.63. The van der Waals surface area contributed by atoms with Gasteiger partial charge in [0, 0.05) is 23.8 Å². The van der Waals surface area contributed by atoms with Crippen LogP contribution in [-0.4, -0.2) is 25.7 Å². The zero-order valence-corrected chi connectivity index (χ0v) is 14.3. The van der Waals surface area contributed by atoms with Gasteiger partial charge >= 0.3 is 0 Å². The SMILES string of the molecule is CCCCOCc1cc(C(=O)NC(C)CCC)ccc1OC. The van der Waals surface area contributed by atoms with Gasteiger partial charge in [-0.15, -0.1) is 0 Å². The minimum Gasteiger partial charge on any atom is -0.496 e. The van der Waals surface area contributed by atoms with Crippen LogP contribution in [0.5, 0.6) is 5.75 Å². The standard InChI is InChI=1S/C18H29NO3/c1-5-7-11-22-13-16-12-15(9-10-17(16)21-4)18(20)19-14(3)8-6-2/h9-10,12,14H,5-8,11,13H2,1-4H3,(H,19,20). The van der Waals surface area contributed by atoms with Gasteiger partial charge < -0.3 is 14.8 Å². The molecule has 0 saturated heterocycles. The number of hydrogen-bond acceptors (Lipinski definition) is 3. The van der Waals surface area contributed by atoms with Crippen molar-refractivity contribution in [2.24, 2.45) is 0 Å². The van der Waals surface area contributed by atoms with Gasteiger partial charge in [0.15, 0.2) is 0 Å². The van der Waals surface area contributed by atoms with Gasteiger partial charge in [0.05, 0.1) is 13.7 Å². The first-order valence-corrected chi connectivity index (χ1v) is 8.17. The maximum Gasteiger partial charge on any atom is 0.251 e. The van der Waals surface area contributed by atoms with E-state index in [9.17, 15) is 4.79 Å². The summed E-state index contributed by atoms with van der Waals surface area (Å²) in [5.74, 6) is 0.716. The molecule has 22 heavy (non-hydrogen) atoms. The van der Waals surface area contributed by atoms with Gasteiger partial charge in [-0.3, -0.25) is 4.79 Å². The molecular formula is C18H29NO3. The second-order valence-corrected chi connectivity index (χ2v) is 5.60. The summed E-state index contributed by atoms with van der Waals surface area (Å²) in [5.41, 5.74) is 1.56. The lowest BCUT2D eigenvalue weighted by molar-refractivity contribution is 0.0937. The molecule has 0 fully saturated rings. The molecule has 4 nitrogen and oxygen atoms in total. The van der Waals surface area contributed by atoms with Crippen LogP contribution in [0, 0.1) is 0 Å². The van der Waals surface area contributed by atoms with Crippen molar-refractivity contribution in [3.8, 4) is 5.75 Å². The second-order valence-electron chi connectivity index (χ2n) is 5.60. The number of hydrogen-bond donors (Lipinski definition) is 1. The van der Waals surface area contributed by atoms with E-state index in [1.54, 1.807) is 13.2 Å². The maximum atomic E-state index is 12.3. The lowest BCUT2D eigenvalue weighted by Crippen LogP contribution is -2.32. The zero-order chi connectivity index (χ0) is 16.4. The minimum atomic E-state index is -0.0431. The van der Waals surface area contributed by atoms with Crippen LogP contribution < -0.4 is 10.1 Å². The van der Waals surface area contributed by atoms with Crippen LogP contribution in [0.15, 0.2) is 18.2 Å². The van der Waals surface area contributed by atoms with E-state index in [0.29, 0.717) is 12.2 Å². The van der Waals surface area contributed by atoms with Crippen molar-refractivity contribution in [3.05, 3.63) is 29.3 Å². The molecule has 4 heteroatoms. The first-order valence-electron chi connectivity index (χ1n) is 8.17. The van der Waals surface area contributed by atoms with Crippen LogP contribution in [0.3, 0.4) is 0 Å². The highest BCUT2D eigenvalue weighted by molar-refractivity contribution is 5.94. The first-order chi connectivity index (χ1) is 10.6. The highest BCUT2D eigenvalue weighted by atomic mass is 16.5. The topological polar surface area (TPSA) is 47.6 Å². The molecule has 0 saturated carbocycles. The van der Waals surface area contributed by atoms with E-state index in [4.69, 9.17) is 9.47 Å². The summed E-state index contributed by atoms with van der Waals surface area (Å²) in [6.45, 7) is 7.46. The molecule has 0 heterocycles. The smallest absolute Gasteiger partial charge is 0.251 e. The molecule has 1 rings (SSSR count). The Kier molecular flexibility index (Phi) is 8.60. The molecule has 1 amide bonds. The molecule has 1 unspecified atom stereocenters. The summed E-state index contributed by atoms with van der Waals surface area (Å²) in [6, 6.07) is 5.67. The molecule has 124 valence electrons. The molecule has 0 bridgehead atoms. The van der Waals surface area contributed by atoms with Crippen LogP contribution in [-0.2, 0) is 11.3 Å². The van der Waals surface area contributed by atoms with Crippen molar-refractivity contribution in [2.45, 2.75) is 59.1 Å². The van der Waals surface area contributed by atoms with Gasteiger partial charge in [0.1, 0.15) is 5.75 Å². The Balaban J connectivity index is 2.73. The molecule has 0 aliphatic rings. The van der Waals surface area contributed by atoms with Crippen LogP contribution in [0.25, 0.3) is 0 Å². The number of carbonyl (C=O) groups is 1. The number of benzene rings is 1. The number of nitrogens with one attached hydrogen (secondary N) is 1. The average Bonchev–Trinajstić information content (AvgIpc) is 2.51. The Labute approximate surface area is 134 Å². The molecular weight excluding hydrogens is 278 g/mol. The summed E-state index contributed by atoms with van der Waals surface area (Å²) in [6.07, 6.45) is 4.18. The average molecular weight is 307 g/mol. The van der Waals surface area contributed by atoms with Gasteiger partial charge in [-0.25, -0.2) is 0 Å². The van der Waals surface area contributed by atoms with Crippen molar-refractivity contribution in [2.75, 3.05) is 13.7 Å². The third-order valence-corrected chi connectivity index (χ3v) is 3.54. The fourth-order valence-electron chi connectivity index (χ4n) is 2.27. The van der Waals surface area contributed by atoms with E-state index in [-0.39, 0.29) is 11.9 Å². The van der Waals surface area contributed by atoms with Crippen LogP contribution in [0.4, 0.5) is 0 Å². The number of unbranched alkanes of at least 4 members (excludes halogenated alkanes) is 1. The van der Waals surface area contributed by atoms with Crippen molar-refractivity contribution < 1.29 is 14.3 Å². The fourth-order valence-corrected chi connectivity index (χ4v) is 2.27. The normalized spacial score (nSPS) is 12.0. The quantitative estimate of drug-likeness (QED) is 0.666.